The lowest BCUT2D eigenvalue weighted by Crippen LogP contribution is -2.24. The minimum atomic E-state index is -1.11. The number of nitrogens with zero attached hydrogens (tertiary/aromatic N) is 2. The van der Waals surface area contributed by atoms with Crippen LogP contribution in [0.4, 0.5) is 4.79 Å². The summed E-state index contributed by atoms with van der Waals surface area (Å²) in [5.41, 5.74) is 0. The third kappa shape index (κ3) is 1.94. The quantitative estimate of drug-likeness (QED) is 0.683. The van der Waals surface area contributed by atoms with Gasteiger partial charge in [-0.1, -0.05) is 5.16 Å². The number of aromatic nitrogens is 2. The SMILES string of the molecule is Cc1noc(C(C)NC(=O)O)n1. The average molecular weight is 171 g/mol. The number of carboxylic acid groups (broad SMARTS) is 1. The zero-order valence-corrected chi connectivity index (χ0v) is 6.74. The molecule has 0 aromatic carbocycles. The Morgan fingerprint density at radius 3 is 2.83 bits per heavy atom. The van der Waals surface area contributed by atoms with E-state index < -0.39 is 12.1 Å². The Morgan fingerprint density at radius 2 is 2.42 bits per heavy atom. The molecular weight excluding hydrogens is 162 g/mol. The van der Waals surface area contributed by atoms with Crippen LogP contribution in [-0.4, -0.2) is 21.3 Å². The summed E-state index contributed by atoms with van der Waals surface area (Å²) in [6.07, 6.45) is -1.11. The number of amides is 1. The van der Waals surface area contributed by atoms with Crippen LogP contribution >= 0.6 is 0 Å². The molecule has 0 aliphatic carbocycles. The van der Waals surface area contributed by atoms with E-state index in [0.717, 1.165) is 0 Å². The van der Waals surface area contributed by atoms with Crippen LogP contribution in [0.15, 0.2) is 4.52 Å². The lowest BCUT2D eigenvalue weighted by molar-refractivity contribution is 0.187. The van der Waals surface area contributed by atoms with Gasteiger partial charge in [0.2, 0.25) is 5.89 Å². The first kappa shape index (κ1) is 8.51. The Hall–Kier alpha value is -1.59. The molecule has 1 aromatic heterocycles. The summed E-state index contributed by atoms with van der Waals surface area (Å²) in [6, 6.07) is -0.469. The highest BCUT2D eigenvalue weighted by atomic mass is 16.5. The van der Waals surface area contributed by atoms with E-state index in [9.17, 15) is 4.79 Å². The van der Waals surface area contributed by atoms with E-state index in [1.807, 2.05) is 0 Å². The van der Waals surface area contributed by atoms with Crippen molar-refractivity contribution in [2.24, 2.45) is 0 Å². The highest BCUT2D eigenvalue weighted by molar-refractivity contribution is 5.64. The van der Waals surface area contributed by atoms with Gasteiger partial charge in [0, 0.05) is 0 Å². The second-order valence-corrected chi connectivity index (χ2v) is 2.35. The van der Waals surface area contributed by atoms with Gasteiger partial charge in [0.25, 0.3) is 0 Å². The second-order valence-electron chi connectivity index (χ2n) is 2.35. The normalized spacial score (nSPS) is 12.5. The predicted octanol–water partition coefficient (Wildman–Crippen LogP) is 0.707. The number of rotatable bonds is 2. The molecule has 0 saturated carbocycles. The van der Waals surface area contributed by atoms with E-state index in [-0.39, 0.29) is 5.89 Å². The molecule has 2 N–H and O–H groups in total. The molecule has 0 radical (unpaired) electrons. The van der Waals surface area contributed by atoms with Crippen LogP contribution in [0.3, 0.4) is 0 Å². The van der Waals surface area contributed by atoms with E-state index >= 15 is 0 Å². The first-order valence-electron chi connectivity index (χ1n) is 3.39. The van der Waals surface area contributed by atoms with Crippen molar-refractivity contribution >= 4 is 6.09 Å². The fourth-order valence-electron chi connectivity index (χ4n) is 0.736. The van der Waals surface area contributed by atoms with Crippen LogP contribution < -0.4 is 5.32 Å². The zero-order chi connectivity index (χ0) is 9.14. The Kier molecular flexibility index (Phi) is 2.27. The zero-order valence-electron chi connectivity index (χ0n) is 6.74. The van der Waals surface area contributed by atoms with Gasteiger partial charge in [0.15, 0.2) is 5.82 Å². The summed E-state index contributed by atoms with van der Waals surface area (Å²) < 4.78 is 4.74. The van der Waals surface area contributed by atoms with Crippen molar-refractivity contribution in [1.29, 1.82) is 0 Å². The van der Waals surface area contributed by atoms with Gasteiger partial charge in [-0.2, -0.15) is 4.98 Å². The van der Waals surface area contributed by atoms with Gasteiger partial charge in [-0.3, -0.25) is 0 Å². The molecule has 1 heterocycles. The second kappa shape index (κ2) is 3.21. The van der Waals surface area contributed by atoms with Crippen LogP contribution in [0.2, 0.25) is 0 Å². The molecule has 1 atom stereocenters. The van der Waals surface area contributed by atoms with Crippen LogP contribution in [-0.2, 0) is 0 Å². The molecule has 6 heteroatoms. The Balaban J connectivity index is 2.64. The Labute approximate surface area is 68.6 Å². The number of aryl methyl sites for hydroxylation is 1. The molecule has 1 unspecified atom stereocenters. The highest BCUT2D eigenvalue weighted by Crippen LogP contribution is 2.07. The van der Waals surface area contributed by atoms with Gasteiger partial charge in [0.05, 0.1) is 0 Å². The number of hydrogen-bond acceptors (Lipinski definition) is 4. The lowest BCUT2D eigenvalue weighted by Gasteiger charge is -2.03. The van der Waals surface area contributed by atoms with Gasteiger partial charge in [-0.05, 0) is 13.8 Å². The summed E-state index contributed by atoms with van der Waals surface area (Å²) in [5, 5.41) is 14.1. The Bertz CT molecular complexity index is 283. The maximum atomic E-state index is 10.2. The highest BCUT2D eigenvalue weighted by Gasteiger charge is 2.13. The van der Waals surface area contributed by atoms with Gasteiger partial charge < -0.3 is 14.9 Å². The van der Waals surface area contributed by atoms with Crippen molar-refractivity contribution in [3.63, 3.8) is 0 Å². The minimum absolute atomic E-state index is 0.273. The monoisotopic (exact) mass is 171 g/mol. The van der Waals surface area contributed by atoms with Crippen molar-refractivity contribution in [3.05, 3.63) is 11.7 Å². The van der Waals surface area contributed by atoms with E-state index in [1.165, 1.54) is 0 Å². The molecule has 1 amide bonds. The molecule has 12 heavy (non-hydrogen) atoms. The molecule has 0 fully saturated rings. The van der Waals surface area contributed by atoms with Gasteiger partial charge in [-0.15, -0.1) is 0 Å². The summed E-state index contributed by atoms with van der Waals surface area (Å²) in [7, 11) is 0. The van der Waals surface area contributed by atoms with E-state index in [2.05, 4.69) is 15.5 Å². The first-order chi connectivity index (χ1) is 5.59. The fraction of sp³-hybridized carbons (Fsp3) is 0.500. The van der Waals surface area contributed by atoms with Crippen LogP contribution in [0, 0.1) is 6.92 Å². The van der Waals surface area contributed by atoms with Crippen molar-refractivity contribution in [1.82, 2.24) is 15.5 Å². The first-order valence-corrected chi connectivity index (χ1v) is 3.39. The predicted molar refractivity (Wildman–Crippen MR) is 38.6 cm³/mol. The molecule has 0 spiro atoms. The van der Waals surface area contributed by atoms with E-state index in [1.54, 1.807) is 13.8 Å². The van der Waals surface area contributed by atoms with E-state index in [4.69, 9.17) is 9.63 Å². The van der Waals surface area contributed by atoms with Gasteiger partial charge in [-0.25, -0.2) is 4.79 Å². The molecule has 1 aromatic rings. The largest absolute Gasteiger partial charge is 0.465 e. The minimum Gasteiger partial charge on any atom is -0.465 e. The van der Waals surface area contributed by atoms with Crippen LogP contribution in [0.5, 0.6) is 0 Å². The molecule has 0 aliphatic rings. The number of hydrogen-bond donors (Lipinski definition) is 2. The third-order valence-corrected chi connectivity index (χ3v) is 1.25. The summed E-state index contributed by atoms with van der Waals surface area (Å²) in [5.74, 6) is 0.763. The smallest absolute Gasteiger partial charge is 0.405 e. The Morgan fingerprint density at radius 1 is 1.75 bits per heavy atom. The van der Waals surface area contributed by atoms with Crippen molar-refractivity contribution in [2.75, 3.05) is 0 Å². The van der Waals surface area contributed by atoms with Crippen molar-refractivity contribution < 1.29 is 14.4 Å². The summed E-state index contributed by atoms with van der Waals surface area (Å²) >= 11 is 0. The molecule has 1 rings (SSSR count). The summed E-state index contributed by atoms with van der Waals surface area (Å²) in [6.45, 7) is 3.29. The fourth-order valence-corrected chi connectivity index (χ4v) is 0.736. The van der Waals surface area contributed by atoms with Crippen LogP contribution in [0.1, 0.15) is 24.7 Å². The van der Waals surface area contributed by atoms with Gasteiger partial charge in [0.1, 0.15) is 6.04 Å². The standard InChI is InChI=1S/C6H9N3O3/c1-3(7-6(10)11)5-8-4(2)9-12-5/h3,7H,1-2H3,(H,10,11). The number of carbonyl (C=O) groups is 1. The maximum Gasteiger partial charge on any atom is 0.405 e. The molecule has 0 saturated heterocycles. The summed E-state index contributed by atoms with van der Waals surface area (Å²) in [4.78, 5) is 14.0. The third-order valence-electron chi connectivity index (χ3n) is 1.25. The molecule has 0 bridgehead atoms. The van der Waals surface area contributed by atoms with Crippen molar-refractivity contribution in [2.45, 2.75) is 19.9 Å². The molecule has 6 nitrogen and oxygen atoms in total. The molecule has 66 valence electrons. The topological polar surface area (TPSA) is 88.2 Å². The molecular formula is C6H9N3O3. The molecule has 0 aliphatic heterocycles. The lowest BCUT2D eigenvalue weighted by atomic mass is 10.3. The van der Waals surface area contributed by atoms with Gasteiger partial charge >= 0.3 is 6.09 Å². The number of nitrogens with one attached hydrogen (secondary N) is 1. The average Bonchev–Trinajstić information content (AvgIpc) is 2.34. The van der Waals surface area contributed by atoms with Crippen LogP contribution in [0.25, 0.3) is 0 Å². The van der Waals surface area contributed by atoms with Crippen molar-refractivity contribution in [3.8, 4) is 0 Å². The van der Waals surface area contributed by atoms with E-state index in [0.29, 0.717) is 5.82 Å². The maximum absolute atomic E-state index is 10.2.